The first kappa shape index (κ1) is 14.0. The van der Waals surface area contributed by atoms with Gasteiger partial charge in [0, 0.05) is 6.04 Å². The molecule has 2 atom stereocenters. The average molecular weight is 280 g/mol. The monoisotopic (exact) mass is 280 g/mol. The maximum absolute atomic E-state index is 12.1. The van der Waals surface area contributed by atoms with Crippen LogP contribution < -0.4 is 4.72 Å². The van der Waals surface area contributed by atoms with Crippen LogP contribution in [0.15, 0.2) is 29.2 Å². The Labute approximate surface area is 112 Å². The van der Waals surface area contributed by atoms with Gasteiger partial charge < -0.3 is 5.11 Å². The van der Waals surface area contributed by atoms with Crippen LogP contribution in [0, 0.1) is 11.3 Å². The van der Waals surface area contributed by atoms with Crippen molar-refractivity contribution >= 4 is 10.0 Å². The van der Waals surface area contributed by atoms with Crippen molar-refractivity contribution in [3.8, 4) is 6.07 Å². The zero-order valence-electron chi connectivity index (χ0n) is 10.4. The SMILES string of the molecule is N#Cc1ccc(S(=O)(=O)NC2CCCCC2O)cc1. The molecule has 1 fully saturated rings. The third-order valence-corrected chi connectivity index (χ3v) is 4.84. The summed E-state index contributed by atoms with van der Waals surface area (Å²) in [6, 6.07) is 7.24. The maximum atomic E-state index is 12.1. The van der Waals surface area contributed by atoms with E-state index in [1.807, 2.05) is 6.07 Å². The lowest BCUT2D eigenvalue weighted by atomic mass is 9.93. The summed E-state index contributed by atoms with van der Waals surface area (Å²) >= 11 is 0. The van der Waals surface area contributed by atoms with E-state index in [1.54, 1.807) is 0 Å². The molecule has 0 heterocycles. The molecule has 102 valence electrons. The zero-order valence-corrected chi connectivity index (χ0v) is 11.2. The predicted molar refractivity (Wildman–Crippen MR) is 69.7 cm³/mol. The molecule has 0 saturated heterocycles. The first-order chi connectivity index (χ1) is 9.03. The highest BCUT2D eigenvalue weighted by molar-refractivity contribution is 7.89. The summed E-state index contributed by atoms with van der Waals surface area (Å²) in [6.45, 7) is 0. The molecule has 1 saturated carbocycles. The lowest BCUT2D eigenvalue weighted by Gasteiger charge is -2.28. The van der Waals surface area contributed by atoms with Crippen molar-refractivity contribution < 1.29 is 13.5 Å². The molecule has 0 amide bonds. The molecule has 2 rings (SSSR count). The van der Waals surface area contributed by atoms with Gasteiger partial charge >= 0.3 is 0 Å². The molecule has 19 heavy (non-hydrogen) atoms. The van der Waals surface area contributed by atoms with Crippen molar-refractivity contribution in [2.75, 3.05) is 0 Å². The van der Waals surface area contributed by atoms with Crippen LogP contribution in [0.5, 0.6) is 0 Å². The number of benzene rings is 1. The predicted octanol–water partition coefficient (Wildman–Crippen LogP) is 1.14. The van der Waals surface area contributed by atoms with Crippen LogP contribution in [0.2, 0.25) is 0 Å². The Balaban J connectivity index is 2.15. The number of nitrogens with zero attached hydrogens (tertiary/aromatic N) is 1. The first-order valence-corrected chi connectivity index (χ1v) is 7.72. The van der Waals surface area contributed by atoms with E-state index in [-0.39, 0.29) is 4.90 Å². The number of nitrogens with one attached hydrogen (secondary N) is 1. The third-order valence-electron chi connectivity index (χ3n) is 3.33. The average Bonchev–Trinajstić information content (AvgIpc) is 2.41. The second-order valence-electron chi connectivity index (χ2n) is 4.72. The Morgan fingerprint density at radius 1 is 1.21 bits per heavy atom. The molecule has 0 aliphatic heterocycles. The van der Waals surface area contributed by atoms with E-state index < -0.39 is 22.2 Å². The number of aliphatic hydroxyl groups excluding tert-OH is 1. The summed E-state index contributed by atoms with van der Waals surface area (Å²) in [4.78, 5) is 0.115. The molecule has 0 bridgehead atoms. The van der Waals surface area contributed by atoms with E-state index in [9.17, 15) is 13.5 Å². The van der Waals surface area contributed by atoms with Gasteiger partial charge in [-0.3, -0.25) is 0 Å². The van der Waals surface area contributed by atoms with E-state index in [2.05, 4.69) is 4.72 Å². The molecule has 0 spiro atoms. The topological polar surface area (TPSA) is 90.2 Å². The van der Waals surface area contributed by atoms with E-state index in [0.717, 1.165) is 12.8 Å². The van der Waals surface area contributed by atoms with Crippen LogP contribution in [-0.2, 0) is 10.0 Å². The van der Waals surface area contributed by atoms with Crippen molar-refractivity contribution in [1.29, 1.82) is 5.26 Å². The number of hydrogen-bond acceptors (Lipinski definition) is 4. The van der Waals surface area contributed by atoms with Crippen LogP contribution >= 0.6 is 0 Å². The highest BCUT2D eigenvalue weighted by atomic mass is 32.2. The summed E-state index contributed by atoms with van der Waals surface area (Å²) in [5.74, 6) is 0. The second kappa shape index (κ2) is 5.70. The Bertz CT molecular complexity index is 575. The third kappa shape index (κ3) is 3.32. The lowest BCUT2D eigenvalue weighted by molar-refractivity contribution is 0.101. The molecule has 1 aromatic carbocycles. The molecule has 0 radical (unpaired) electrons. The Morgan fingerprint density at radius 2 is 1.84 bits per heavy atom. The lowest BCUT2D eigenvalue weighted by Crippen LogP contribution is -2.44. The molecule has 5 nitrogen and oxygen atoms in total. The molecule has 6 heteroatoms. The summed E-state index contributed by atoms with van der Waals surface area (Å²) in [7, 11) is -3.64. The summed E-state index contributed by atoms with van der Waals surface area (Å²) in [5.41, 5.74) is 0.414. The Kier molecular flexibility index (Phi) is 4.20. The summed E-state index contributed by atoms with van der Waals surface area (Å²) in [5, 5.41) is 18.5. The first-order valence-electron chi connectivity index (χ1n) is 6.23. The quantitative estimate of drug-likeness (QED) is 0.868. The van der Waals surface area contributed by atoms with Gasteiger partial charge in [-0.15, -0.1) is 0 Å². The van der Waals surface area contributed by atoms with Crippen LogP contribution in [0.1, 0.15) is 31.2 Å². The highest BCUT2D eigenvalue weighted by Crippen LogP contribution is 2.20. The normalized spacial score (nSPS) is 23.8. The van der Waals surface area contributed by atoms with Crippen molar-refractivity contribution in [2.45, 2.75) is 42.7 Å². The number of aliphatic hydroxyl groups is 1. The van der Waals surface area contributed by atoms with Crippen LogP contribution in [0.4, 0.5) is 0 Å². The van der Waals surface area contributed by atoms with Gasteiger partial charge in [-0.2, -0.15) is 5.26 Å². The number of sulfonamides is 1. The fourth-order valence-electron chi connectivity index (χ4n) is 2.22. The zero-order chi connectivity index (χ0) is 13.9. The minimum atomic E-state index is -3.64. The van der Waals surface area contributed by atoms with Gasteiger partial charge in [0.25, 0.3) is 0 Å². The van der Waals surface area contributed by atoms with E-state index in [1.165, 1.54) is 24.3 Å². The number of rotatable bonds is 3. The molecule has 1 aliphatic carbocycles. The largest absolute Gasteiger partial charge is 0.391 e. The molecular formula is C13H16N2O3S. The highest BCUT2D eigenvalue weighted by Gasteiger charge is 2.27. The standard InChI is InChI=1S/C13H16N2O3S/c14-9-10-5-7-11(8-6-10)19(17,18)15-12-3-1-2-4-13(12)16/h5-8,12-13,15-16H,1-4H2. The van der Waals surface area contributed by atoms with Crippen LogP contribution in [-0.4, -0.2) is 25.7 Å². The summed E-state index contributed by atoms with van der Waals surface area (Å²) < 4.78 is 26.8. The van der Waals surface area contributed by atoms with Crippen molar-refractivity contribution in [3.05, 3.63) is 29.8 Å². The molecule has 1 aliphatic rings. The van der Waals surface area contributed by atoms with E-state index in [4.69, 9.17) is 5.26 Å². The van der Waals surface area contributed by atoms with Crippen LogP contribution in [0.3, 0.4) is 0 Å². The van der Waals surface area contributed by atoms with Gasteiger partial charge in [0.05, 0.1) is 22.6 Å². The fourth-order valence-corrected chi connectivity index (χ4v) is 3.53. The molecule has 2 unspecified atom stereocenters. The maximum Gasteiger partial charge on any atom is 0.240 e. The number of nitriles is 1. The van der Waals surface area contributed by atoms with Gasteiger partial charge in [-0.05, 0) is 37.1 Å². The molecule has 1 aromatic rings. The van der Waals surface area contributed by atoms with Gasteiger partial charge in [-0.1, -0.05) is 12.8 Å². The van der Waals surface area contributed by atoms with Gasteiger partial charge in [-0.25, -0.2) is 13.1 Å². The Hall–Kier alpha value is -1.42. The van der Waals surface area contributed by atoms with Crippen molar-refractivity contribution in [3.63, 3.8) is 0 Å². The van der Waals surface area contributed by atoms with Gasteiger partial charge in [0.1, 0.15) is 0 Å². The Morgan fingerprint density at radius 3 is 2.42 bits per heavy atom. The molecular weight excluding hydrogens is 264 g/mol. The minimum Gasteiger partial charge on any atom is -0.391 e. The summed E-state index contributed by atoms with van der Waals surface area (Å²) in [6.07, 6.45) is 2.49. The minimum absolute atomic E-state index is 0.115. The molecule has 2 N–H and O–H groups in total. The van der Waals surface area contributed by atoms with E-state index >= 15 is 0 Å². The van der Waals surface area contributed by atoms with E-state index in [0.29, 0.717) is 18.4 Å². The smallest absolute Gasteiger partial charge is 0.240 e. The van der Waals surface area contributed by atoms with Gasteiger partial charge in [0.2, 0.25) is 10.0 Å². The fraction of sp³-hybridized carbons (Fsp3) is 0.462. The van der Waals surface area contributed by atoms with Crippen molar-refractivity contribution in [2.24, 2.45) is 0 Å². The van der Waals surface area contributed by atoms with Crippen LogP contribution in [0.25, 0.3) is 0 Å². The van der Waals surface area contributed by atoms with Crippen molar-refractivity contribution in [1.82, 2.24) is 4.72 Å². The molecule has 0 aromatic heterocycles. The van der Waals surface area contributed by atoms with Gasteiger partial charge in [0.15, 0.2) is 0 Å². The number of hydrogen-bond donors (Lipinski definition) is 2. The second-order valence-corrected chi connectivity index (χ2v) is 6.43.